The van der Waals surface area contributed by atoms with E-state index >= 15 is 0 Å². The minimum atomic E-state index is 0.621. The van der Waals surface area contributed by atoms with Crippen LogP contribution in [0.1, 0.15) is 0 Å². The van der Waals surface area contributed by atoms with E-state index in [2.05, 4.69) is 358 Å². The molecule has 12 heteroatoms. The number of hydrogen-bond acceptors (Lipinski definition) is 12. The first-order valence-electron chi connectivity index (χ1n) is 47.2. The second kappa shape index (κ2) is 35.3. The predicted molar refractivity (Wildman–Crippen MR) is 577 cm³/mol. The van der Waals surface area contributed by atoms with E-state index in [0.29, 0.717) is 52.4 Å². The highest BCUT2D eigenvalue weighted by Crippen LogP contribution is 2.46. The molecule has 0 aliphatic rings. The average Bonchev–Trinajstić information content (AvgIpc) is 1.62. The van der Waals surface area contributed by atoms with Crippen molar-refractivity contribution >= 4 is 130 Å². The third-order valence-corrected chi connectivity index (χ3v) is 26.8. The zero-order valence-corrected chi connectivity index (χ0v) is 75.9. The number of para-hydroxylation sites is 3. The molecule has 6 heterocycles. The van der Waals surface area contributed by atoms with Crippen molar-refractivity contribution in [2.24, 2.45) is 0 Å². The molecule has 0 spiro atoms. The number of benzene rings is 22. The molecule has 0 N–H and O–H groups in total. The summed E-state index contributed by atoms with van der Waals surface area (Å²) >= 11 is 0. The van der Waals surface area contributed by atoms with Gasteiger partial charge in [0.25, 0.3) is 0 Å². The van der Waals surface area contributed by atoms with Crippen LogP contribution in [0.2, 0.25) is 0 Å². The van der Waals surface area contributed by atoms with Crippen LogP contribution in [0.3, 0.4) is 0 Å². The van der Waals surface area contributed by atoms with E-state index in [9.17, 15) is 0 Å². The molecule has 658 valence electrons. The minimum Gasteiger partial charge on any atom is -0.456 e. The molecule has 141 heavy (non-hydrogen) atoms. The van der Waals surface area contributed by atoms with Crippen LogP contribution >= 0.6 is 0 Å². The Kier molecular flexibility index (Phi) is 20.6. The summed E-state index contributed by atoms with van der Waals surface area (Å²) in [6.07, 6.45) is 0. The summed E-state index contributed by atoms with van der Waals surface area (Å²) in [5.41, 5.74) is 22.9. The van der Waals surface area contributed by atoms with Gasteiger partial charge in [0.1, 0.15) is 33.5 Å². The van der Waals surface area contributed by atoms with Gasteiger partial charge in [0.2, 0.25) is 0 Å². The lowest BCUT2D eigenvalue weighted by molar-refractivity contribution is 0.669. The standard InChI is InChI=1S/C43H25N3O.2C43H27N3O/c1-2-11-26(12-3-1)41-44-42(27-21-22-32-30-15-5-4-13-28(30)29-14-6-7-16-31(29)37(32)25-27)46-43(45-41)35-19-10-18-34-33(35)23-24-39-40(34)36-17-8-9-20-38(36)47-39;1-3-12-28(13-4-1)33-17-7-8-18-34(33)29-22-24-32(25-23-29)42-44-41(31-14-5-2-6-15-31)45-43(46-42)36-20-11-16-30-26-27-38-40(39(30)36)35-19-9-10-21-37(35)47-38;1-3-9-28(10-4-1)30-15-20-33(21-16-30)41-44-42(34-22-17-31(18-23-34)29-11-5-2-6-12-29)46-43(45-41)35-24-19-32-25-26-39-40(37(32)27-35)36-13-7-8-14-38(36)47-39/h1-25H;2*1-27H. The van der Waals surface area contributed by atoms with E-state index < -0.39 is 0 Å². The van der Waals surface area contributed by atoms with Crippen LogP contribution in [0.4, 0.5) is 0 Å². The van der Waals surface area contributed by atoms with Gasteiger partial charge in [-0.05, 0) is 158 Å². The summed E-state index contributed by atoms with van der Waals surface area (Å²) < 4.78 is 18.7. The van der Waals surface area contributed by atoms with Gasteiger partial charge < -0.3 is 13.3 Å². The summed E-state index contributed by atoms with van der Waals surface area (Å²) in [6.45, 7) is 0. The van der Waals surface area contributed by atoms with Crippen molar-refractivity contribution in [2.45, 2.75) is 0 Å². The Morgan fingerprint density at radius 3 is 0.851 bits per heavy atom. The number of nitrogens with zero attached hydrogens (tertiary/aromatic N) is 9. The van der Waals surface area contributed by atoms with E-state index in [-0.39, 0.29) is 0 Å². The molecule has 0 fully saturated rings. The van der Waals surface area contributed by atoms with Crippen molar-refractivity contribution in [1.82, 2.24) is 44.9 Å². The van der Waals surface area contributed by atoms with Gasteiger partial charge in [-0.3, -0.25) is 0 Å². The van der Waals surface area contributed by atoms with Crippen molar-refractivity contribution in [1.29, 1.82) is 0 Å². The topological polar surface area (TPSA) is 155 Å². The number of aromatic nitrogens is 9. The second-order valence-electron chi connectivity index (χ2n) is 35.2. The van der Waals surface area contributed by atoms with Crippen molar-refractivity contribution in [2.75, 3.05) is 0 Å². The Morgan fingerprint density at radius 2 is 0.376 bits per heavy atom. The number of hydrogen-bond donors (Lipinski definition) is 0. The lowest BCUT2D eigenvalue weighted by Gasteiger charge is -2.13. The molecule has 6 aromatic heterocycles. The molecule has 0 saturated carbocycles. The first-order chi connectivity index (χ1) is 69.9. The molecule has 0 bridgehead atoms. The van der Waals surface area contributed by atoms with Crippen LogP contribution in [0.5, 0.6) is 0 Å². The van der Waals surface area contributed by atoms with Gasteiger partial charge in [0, 0.05) is 87.8 Å². The van der Waals surface area contributed by atoms with Gasteiger partial charge in [0.05, 0.1) is 0 Å². The third kappa shape index (κ3) is 15.3. The maximum atomic E-state index is 6.27. The zero-order chi connectivity index (χ0) is 93.2. The summed E-state index contributed by atoms with van der Waals surface area (Å²) in [6, 6.07) is 165. The number of rotatable bonds is 13. The Hall–Kier alpha value is -19.2. The smallest absolute Gasteiger partial charge is 0.164 e. The molecule has 0 atom stereocenters. The number of fused-ring (bicyclic) bond motifs is 21. The highest BCUT2D eigenvalue weighted by atomic mass is 16.3. The summed E-state index contributed by atoms with van der Waals surface area (Å²) in [4.78, 5) is 45.7. The molecule has 0 aliphatic heterocycles. The molecule has 28 rings (SSSR count). The quantitative estimate of drug-likeness (QED) is 0.101. The second-order valence-corrected chi connectivity index (χ2v) is 35.2. The first-order valence-corrected chi connectivity index (χ1v) is 47.2. The SMILES string of the molecule is c1ccc(-c2ccc(-c3nc(-c4ccc(-c5ccccc5)cc4)nc(-c4ccc5ccc6oc7ccccc7c6c5c4)n3)cc2)cc1.c1ccc(-c2nc(-c3ccc(-c4ccccc4-c4ccccc4)cc3)nc(-c3cccc4ccc5oc6ccccc6c5c34)n2)cc1.c1ccc(-c2nc(-c3ccc4c5ccccc5c5ccccc5c4c3)nc(-c3cccc4c3ccc3oc5ccccc5c34)n2)cc1. The molecule has 0 unspecified atom stereocenters. The van der Waals surface area contributed by atoms with Crippen molar-refractivity contribution < 1.29 is 13.3 Å². The van der Waals surface area contributed by atoms with E-state index in [0.717, 1.165) is 165 Å². The van der Waals surface area contributed by atoms with Crippen LogP contribution in [0.25, 0.3) is 277 Å². The van der Waals surface area contributed by atoms with Gasteiger partial charge in [-0.25, -0.2) is 44.9 Å². The Morgan fingerprint density at radius 1 is 0.113 bits per heavy atom. The van der Waals surface area contributed by atoms with Crippen molar-refractivity contribution in [3.05, 3.63) is 479 Å². The highest BCUT2D eigenvalue weighted by molar-refractivity contribution is 6.27. The lowest BCUT2D eigenvalue weighted by Crippen LogP contribution is -2.00. The number of furan rings is 3. The lowest BCUT2D eigenvalue weighted by atomic mass is 9.93. The van der Waals surface area contributed by atoms with E-state index in [1.807, 2.05) is 121 Å². The fourth-order valence-corrected chi connectivity index (χ4v) is 20.0. The van der Waals surface area contributed by atoms with Crippen LogP contribution in [-0.2, 0) is 0 Å². The van der Waals surface area contributed by atoms with E-state index in [4.69, 9.17) is 58.1 Å². The molecular formula is C129H79N9O3. The highest BCUT2D eigenvalue weighted by Gasteiger charge is 2.24. The monoisotopic (exact) mass is 1800 g/mol. The Balaban J connectivity index is 0.000000109. The minimum absolute atomic E-state index is 0.621. The molecular weight excluding hydrogens is 1720 g/mol. The Bertz CT molecular complexity index is 9590. The largest absolute Gasteiger partial charge is 0.456 e. The molecule has 0 saturated heterocycles. The van der Waals surface area contributed by atoms with Crippen molar-refractivity contribution in [3.63, 3.8) is 0 Å². The van der Waals surface area contributed by atoms with Crippen molar-refractivity contribution in [3.8, 4) is 147 Å². The van der Waals surface area contributed by atoms with Crippen LogP contribution in [-0.4, -0.2) is 44.9 Å². The fraction of sp³-hybridized carbons (Fsp3) is 0. The van der Waals surface area contributed by atoms with Gasteiger partial charge in [-0.15, -0.1) is 0 Å². The summed E-state index contributed by atoms with van der Waals surface area (Å²) in [5.74, 6) is 5.67. The summed E-state index contributed by atoms with van der Waals surface area (Å²) in [7, 11) is 0. The van der Waals surface area contributed by atoms with Crippen LogP contribution in [0.15, 0.2) is 492 Å². The maximum Gasteiger partial charge on any atom is 0.164 e. The normalized spacial score (nSPS) is 11.5. The first kappa shape index (κ1) is 82.5. The van der Waals surface area contributed by atoms with Crippen LogP contribution in [0, 0.1) is 0 Å². The molecule has 12 nitrogen and oxygen atoms in total. The molecule has 22 aromatic carbocycles. The van der Waals surface area contributed by atoms with E-state index in [1.165, 1.54) is 60.1 Å². The van der Waals surface area contributed by atoms with E-state index in [1.54, 1.807) is 0 Å². The maximum absolute atomic E-state index is 6.27. The molecule has 0 amide bonds. The predicted octanol–water partition coefficient (Wildman–Crippen LogP) is 33.9. The van der Waals surface area contributed by atoms with Gasteiger partial charge in [-0.1, -0.05) is 425 Å². The van der Waals surface area contributed by atoms with Gasteiger partial charge >= 0.3 is 0 Å². The molecule has 0 radical (unpaired) electrons. The average molecular weight is 1800 g/mol. The zero-order valence-electron chi connectivity index (χ0n) is 75.9. The van der Waals surface area contributed by atoms with Crippen LogP contribution < -0.4 is 0 Å². The Labute approximate surface area is 809 Å². The third-order valence-electron chi connectivity index (χ3n) is 26.8. The van der Waals surface area contributed by atoms with Gasteiger partial charge in [0.15, 0.2) is 52.4 Å². The summed E-state index contributed by atoms with van der Waals surface area (Å²) in [5, 5.41) is 20.5. The van der Waals surface area contributed by atoms with Gasteiger partial charge in [-0.2, -0.15) is 0 Å². The molecule has 28 aromatic rings. The molecule has 0 aliphatic carbocycles. The fourth-order valence-electron chi connectivity index (χ4n) is 20.0.